The average molecular weight is 359 g/mol. The first-order valence-electron chi connectivity index (χ1n) is 7.67. The Labute approximate surface area is 147 Å². The van der Waals surface area contributed by atoms with Crippen LogP contribution in [-0.2, 0) is 18.3 Å². The molecule has 0 radical (unpaired) electrons. The fourth-order valence-corrected chi connectivity index (χ4v) is 2.39. The van der Waals surface area contributed by atoms with Gasteiger partial charge in [-0.05, 0) is 40.3 Å². The SMILES string of the molecule is Cn1nnnc1-c1cccc(NC(=O)Cc2ccc(OC(F)F)cc2)c1. The first kappa shape index (κ1) is 17.5. The highest BCUT2D eigenvalue weighted by Crippen LogP contribution is 2.20. The van der Waals surface area contributed by atoms with E-state index in [1.165, 1.54) is 16.8 Å². The lowest BCUT2D eigenvalue weighted by atomic mass is 10.1. The van der Waals surface area contributed by atoms with Crippen LogP contribution in [0, 0.1) is 0 Å². The molecule has 9 heteroatoms. The van der Waals surface area contributed by atoms with E-state index in [2.05, 4.69) is 25.6 Å². The van der Waals surface area contributed by atoms with Crippen LogP contribution in [0.15, 0.2) is 48.5 Å². The van der Waals surface area contributed by atoms with Gasteiger partial charge in [0.25, 0.3) is 0 Å². The molecule has 2 aromatic carbocycles. The molecule has 1 N–H and O–H groups in total. The smallest absolute Gasteiger partial charge is 0.387 e. The fraction of sp³-hybridized carbons (Fsp3) is 0.176. The number of nitrogens with one attached hydrogen (secondary N) is 1. The Kier molecular flexibility index (Phi) is 5.16. The van der Waals surface area contributed by atoms with E-state index in [0.717, 1.165) is 5.56 Å². The Morgan fingerprint density at radius 3 is 2.65 bits per heavy atom. The predicted molar refractivity (Wildman–Crippen MR) is 89.6 cm³/mol. The van der Waals surface area contributed by atoms with Crippen LogP contribution in [-0.4, -0.2) is 32.7 Å². The number of benzene rings is 2. The summed E-state index contributed by atoms with van der Waals surface area (Å²) in [6.45, 7) is -2.87. The van der Waals surface area contributed by atoms with Gasteiger partial charge in [-0.1, -0.05) is 24.3 Å². The molecular weight excluding hydrogens is 344 g/mol. The number of tetrazole rings is 1. The Balaban J connectivity index is 1.64. The molecule has 3 rings (SSSR count). The van der Waals surface area contributed by atoms with Gasteiger partial charge < -0.3 is 10.1 Å². The van der Waals surface area contributed by atoms with Gasteiger partial charge in [0, 0.05) is 18.3 Å². The Morgan fingerprint density at radius 1 is 1.23 bits per heavy atom. The maximum atomic E-state index is 12.2. The largest absolute Gasteiger partial charge is 0.435 e. The maximum absolute atomic E-state index is 12.2. The molecule has 0 saturated carbocycles. The fourth-order valence-electron chi connectivity index (χ4n) is 2.39. The Bertz CT molecular complexity index is 896. The predicted octanol–water partition coefficient (Wildman–Crippen LogP) is 2.66. The highest BCUT2D eigenvalue weighted by molar-refractivity contribution is 5.92. The molecule has 7 nitrogen and oxygen atoms in total. The molecule has 1 aromatic heterocycles. The average Bonchev–Trinajstić information content (AvgIpc) is 3.02. The number of hydrogen-bond acceptors (Lipinski definition) is 5. The number of rotatable bonds is 6. The van der Waals surface area contributed by atoms with Crippen LogP contribution in [0.1, 0.15) is 5.56 Å². The van der Waals surface area contributed by atoms with Crippen molar-refractivity contribution in [3.05, 3.63) is 54.1 Å². The van der Waals surface area contributed by atoms with Crippen molar-refractivity contribution in [3.8, 4) is 17.1 Å². The van der Waals surface area contributed by atoms with E-state index < -0.39 is 6.61 Å². The molecular formula is C17H15F2N5O2. The molecule has 134 valence electrons. The summed E-state index contributed by atoms with van der Waals surface area (Å²) in [4.78, 5) is 12.2. The number of nitrogens with zero attached hydrogens (tertiary/aromatic N) is 4. The molecule has 0 fully saturated rings. The van der Waals surface area contributed by atoms with Crippen molar-refractivity contribution in [2.75, 3.05) is 5.32 Å². The van der Waals surface area contributed by atoms with Crippen LogP contribution in [0.25, 0.3) is 11.4 Å². The second-order valence-corrected chi connectivity index (χ2v) is 5.45. The van der Waals surface area contributed by atoms with Crippen LogP contribution < -0.4 is 10.1 Å². The molecule has 0 spiro atoms. The summed E-state index contributed by atoms with van der Waals surface area (Å²) in [7, 11) is 1.72. The number of amides is 1. The number of halogens is 2. The van der Waals surface area contributed by atoms with E-state index in [9.17, 15) is 13.6 Å². The molecule has 0 saturated heterocycles. The van der Waals surface area contributed by atoms with E-state index in [-0.39, 0.29) is 18.1 Å². The van der Waals surface area contributed by atoms with Gasteiger partial charge in [-0.2, -0.15) is 8.78 Å². The number of anilines is 1. The third-order valence-corrected chi connectivity index (χ3v) is 3.54. The highest BCUT2D eigenvalue weighted by atomic mass is 19.3. The molecule has 0 unspecified atom stereocenters. The van der Waals surface area contributed by atoms with E-state index in [1.807, 2.05) is 6.07 Å². The van der Waals surface area contributed by atoms with Gasteiger partial charge in [0.2, 0.25) is 5.91 Å². The third kappa shape index (κ3) is 4.38. The molecule has 1 amide bonds. The number of carbonyl (C=O) groups is 1. The van der Waals surface area contributed by atoms with E-state index in [4.69, 9.17) is 0 Å². The zero-order chi connectivity index (χ0) is 18.5. The summed E-state index contributed by atoms with van der Waals surface area (Å²) in [5.74, 6) is 0.394. The summed E-state index contributed by atoms with van der Waals surface area (Å²) >= 11 is 0. The number of alkyl halides is 2. The van der Waals surface area contributed by atoms with Crippen molar-refractivity contribution in [1.82, 2.24) is 20.2 Å². The molecule has 0 bridgehead atoms. The van der Waals surface area contributed by atoms with Gasteiger partial charge >= 0.3 is 6.61 Å². The van der Waals surface area contributed by atoms with Crippen LogP contribution >= 0.6 is 0 Å². The standard InChI is InChI=1S/C17H15F2N5O2/c1-24-16(21-22-23-24)12-3-2-4-13(10-12)20-15(25)9-11-5-7-14(8-6-11)26-17(18)19/h2-8,10,17H,9H2,1H3,(H,20,25). The van der Waals surface area contributed by atoms with Crippen LogP contribution in [0.4, 0.5) is 14.5 Å². The normalized spacial score (nSPS) is 10.8. The summed E-state index contributed by atoms with van der Waals surface area (Å²) < 4.78 is 30.1. The van der Waals surface area contributed by atoms with E-state index in [1.54, 1.807) is 37.4 Å². The lowest BCUT2D eigenvalue weighted by Crippen LogP contribution is -2.14. The number of carbonyl (C=O) groups excluding carboxylic acids is 1. The number of hydrogen-bond donors (Lipinski definition) is 1. The first-order valence-corrected chi connectivity index (χ1v) is 7.67. The van der Waals surface area contributed by atoms with E-state index >= 15 is 0 Å². The monoisotopic (exact) mass is 359 g/mol. The minimum atomic E-state index is -2.87. The van der Waals surface area contributed by atoms with E-state index in [0.29, 0.717) is 17.1 Å². The highest BCUT2D eigenvalue weighted by Gasteiger charge is 2.09. The first-order chi connectivity index (χ1) is 12.5. The third-order valence-electron chi connectivity index (χ3n) is 3.54. The van der Waals surface area contributed by atoms with Gasteiger partial charge in [0.1, 0.15) is 5.75 Å². The molecule has 0 atom stereocenters. The van der Waals surface area contributed by atoms with Crippen molar-refractivity contribution in [1.29, 1.82) is 0 Å². The summed E-state index contributed by atoms with van der Waals surface area (Å²) in [6.07, 6.45) is 0.102. The molecule has 0 aliphatic heterocycles. The van der Waals surface area contributed by atoms with Gasteiger partial charge in [-0.3, -0.25) is 4.79 Å². The van der Waals surface area contributed by atoms with Gasteiger partial charge in [0.05, 0.1) is 6.42 Å². The van der Waals surface area contributed by atoms with Crippen molar-refractivity contribution in [2.24, 2.45) is 7.05 Å². The maximum Gasteiger partial charge on any atom is 0.387 e. The second-order valence-electron chi connectivity index (χ2n) is 5.45. The molecule has 0 aliphatic carbocycles. The molecule has 26 heavy (non-hydrogen) atoms. The summed E-state index contributed by atoms with van der Waals surface area (Å²) in [6, 6.07) is 13.1. The summed E-state index contributed by atoms with van der Waals surface area (Å²) in [5, 5.41) is 14.1. The lowest BCUT2D eigenvalue weighted by Gasteiger charge is -2.08. The van der Waals surface area contributed by atoms with Gasteiger partial charge in [-0.15, -0.1) is 5.10 Å². The van der Waals surface area contributed by atoms with Gasteiger partial charge in [0.15, 0.2) is 5.82 Å². The van der Waals surface area contributed by atoms with Crippen molar-refractivity contribution < 1.29 is 18.3 Å². The van der Waals surface area contributed by atoms with Crippen LogP contribution in [0.2, 0.25) is 0 Å². The topological polar surface area (TPSA) is 81.9 Å². The van der Waals surface area contributed by atoms with Crippen molar-refractivity contribution in [2.45, 2.75) is 13.0 Å². The second kappa shape index (κ2) is 7.68. The summed E-state index contributed by atoms with van der Waals surface area (Å²) in [5.41, 5.74) is 2.05. The molecule has 3 aromatic rings. The van der Waals surface area contributed by atoms with Crippen LogP contribution in [0.5, 0.6) is 5.75 Å². The molecule has 0 aliphatic rings. The zero-order valence-corrected chi connectivity index (χ0v) is 13.8. The van der Waals surface area contributed by atoms with Crippen molar-refractivity contribution >= 4 is 11.6 Å². The quantitative estimate of drug-likeness (QED) is 0.732. The van der Waals surface area contributed by atoms with Crippen molar-refractivity contribution in [3.63, 3.8) is 0 Å². The van der Waals surface area contributed by atoms with Gasteiger partial charge in [-0.25, -0.2) is 4.68 Å². The number of aromatic nitrogens is 4. The zero-order valence-electron chi connectivity index (χ0n) is 13.8. The number of ether oxygens (including phenoxy) is 1. The Hall–Kier alpha value is -3.36. The lowest BCUT2D eigenvalue weighted by molar-refractivity contribution is -0.115. The minimum absolute atomic E-state index is 0.0501. The minimum Gasteiger partial charge on any atom is -0.435 e. The number of aryl methyl sites for hydroxylation is 1. The Morgan fingerprint density at radius 2 is 2.00 bits per heavy atom. The van der Waals surface area contributed by atoms with Crippen LogP contribution in [0.3, 0.4) is 0 Å². The molecule has 1 heterocycles.